The van der Waals surface area contributed by atoms with E-state index >= 15 is 0 Å². The average Bonchev–Trinajstić information content (AvgIpc) is 2.17. The molecule has 0 atom stereocenters. The van der Waals surface area contributed by atoms with Crippen molar-refractivity contribution in [1.29, 1.82) is 0 Å². The second-order valence-corrected chi connectivity index (χ2v) is 2.84. The van der Waals surface area contributed by atoms with E-state index in [9.17, 15) is 14.9 Å². The third kappa shape index (κ3) is 2.49. The molecule has 0 bridgehead atoms. The fraction of sp³-hybridized carbons (Fsp3) is 0.333. The van der Waals surface area contributed by atoms with Gasteiger partial charge < -0.3 is 4.74 Å². The summed E-state index contributed by atoms with van der Waals surface area (Å²) in [5, 5.41) is 10.4. The van der Waals surface area contributed by atoms with Crippen molar-refractivity contribution in [2.24, 2.45) is 0 Å². The smallest absolute Gasteiger partial charge is 0.357 e. The Bertz CT molecular complexity index is 403. The lowest BCUT2D eigenvalue weighted by molar-refractivity contribution is -0.385. The second kappa shape index (κ2) is 4.50. The van der Waals surface area contributed by atoms with Gasteiger partial charge in [-0.2, -0.15) is 0 Å². The summed E-state index contributed by atoms with van der Waals surface area (Å²) in [6, 6.07) is 1.29. The first-order chi connectivity index (χ1) is 7.06. The molecule has 0 unspecified atom stereocenters. The van der Waals surface area contributed by atoms with Gasteiger partial charge >= 0.3 is 5.97 Å². The van der Waals surface area contributed by atoms with Crippen LogP contribution in [-0.4, -0.2) is 22.5 Å². The number of rotatable bonds is 3. The molecule has 0 radical (unpaired) electrons. The van der Waals surface area contributed by atoms with Crippen LogP contribution in [0.1, 0.15) is 23.0 Å². The molecule has 1 rings (SSSR count). The third-order valence-corrected chi connectivity index (χ3v) is 1.74. The van der Waals surface area contributed by atoms with Gasteiger partial charge in [-0.3, -0.25) is 10.1 Å². The molecule has 80 valence electrons. The standard InChI is InChI=1S/C9H10N2O4/c1-3-15-9(12)8-6(2)4-7(5-10-8)11(13)14/h4-5H,3H2,1-2H3. The first kappa shape index (κ1) is 11.1. The molecule has 0 N–H and O–H groups in total. The van der Waals surface area contributed by atoms with Gasteiger partial charge in [-0.05, 0) is 19.4 Å². The van der Waals surface area contributed by atoms with Gasteiger partial charge in [0.1, 0.15) is 6.20 Å². The van der Waals surface area contributed by atoms with Gasteiger partial charge in [0.2, 0.25) is 0 Å². The highest BCUT2D eigenvalue weighted by atomic mass is 16.6. The maximum absolute atomic E-state index is 11.3. The van der Waals surface area contributed by atoms with Gasteiger partial charge in [0.25, 0.3) is 5.69 Å². The number of carbonyl (C=O) groups excluding carboxylic acids is 1. The van der Waals surface area contributed by atoms with Crippen LogP contribution >= 0.6 is 0 Å². The molecule has 6 nitrogen and oxygen atoms in total. The van der Waals surface area contributed by atoms with Crippen molar-refractivity contribution < 1.29 is 14.5 Å². The molecular formula is C9H10N2O4. The molecule has 0 aliphatic carbocycles. The quantitative estimate of drug-likeness (QED) is 0.428. The number of hydrogen-bond acceptors (Lipinski definition) is 5. The highest BCUT2D eigenvalue weighted by molar-refractivity contribution is 5.88. The summed E-state index contributed by atoms with van der Waals surface area (Å²) in [6.07, 6.45) is 1.04. The topological polar surface area (TPSA) is 82.3 Å². The normalized spacial score (nSPS) is 9.73. The number of nitrogens with zero attached hydrogens (tertiary/aromatic N) is 2. The Labute approximate surface area is 86.0 Å². The number of ether oxygens (including phenoxy) is 1. The van der Waals surface area contributed by atoms with Crippen LogP contribution < -0.4 is 0 Å². The fourth-order valence-electron chi connectivity index (χ4n) is 1.07. The molecule has 1 aromatic rings. The zero-order valence-corrected chi connectivity index (χ0v) is 8.39. The van der Waals surface area contributed by atoms with E-state index in [4.69, 9.17) is 4.74 Å². The molecule has 0 spiro atoms. The minimum absolute atomic E-state index is 0.113. The first-order valence-electron chi connectivity index (χ1n) is 4.34. The fourth-order valence-corrected chi connectivity index (χ4v) is 1.07. The second-order valence-electron chi connectivity index (χ2n) is 2.84. The van der Waals surface area contributed by atoms with E-state index in [-0.39, 0.29) is 18.0 Å². The molecule has 15 heavy (non-hydrogen) atoms. The highest BCUT2D eigenvalue weighted by Gasteiger charge is 2.15. The summed E-state index contributed by atoms with van der Waals surface area (Å²) < 4.78 is 4.74. The van der Waals surface area contributed by atoms with Crippen LogP contribution in [0.3, 0.4) is 0 Å². The predicted octanol–water partition coefficient (Wildman–Crippen LogP) is 1.47. The number of pyridine rings is 1. The molecule has 0 fully saturated rings. The Kier molecular flexibility index (Phi) is 3.33. The Morgan fingerprint density at radius 2 is 2.33 bits per heavy atom. The predicted molar refractivity (Wildman–Crippen MR) is 51.6 cm³/mol. The molecule has 1 aromatic heterocycles. The summed E-state index contributed by atoms with van der Waals surface area (Å²) in [4.78, 5) is 24.8. The average molecular weight is 210 g/mol. The maximum atomic E-state index is 11.3. The van der Waals surface area contributed by atoms with Gasteiger partial charge in [0, 0.05) is 6.07 Å². The van der Waals surface area contributed by atoms with Crippen molar-refractivity contribution in [3.63, 3.8) is 0 Å². The van der Waals surface area contributed by atoms with Crippen molar-refractivity contribution in [1.82, 2.24) is 4.98 Å². The van der Waals surface area contributed by atoms with Crippen LogP contribution in [0.15, 0.2) is 12.3 Å². The number of carbonyl (C=O) groups is 1. The Morgan fingerprint density at radius 1 is 1.67 bits per heavy atom. The number of aryl methyl sites for hydroxylation is 1. The van der Waals surface area contributed by atoms with Crippen LogP contribution in [0.5, 0.6) is 0 Å². The summed E-state index contributed by atoms with van der Waals surface area (Å²) in [5.74, 6) is -0.565. The van der Waals surface area contributed by atoms with E-state index in [2.05, 4.69) is 4.98 Å². The van der Waals surface area contributed by atoms with E-state index in [1.165, 1.54) is 6.07 Å². The lowest BCUT2D eigenvalue weighted by Crippen LogP contribution is -2.09. The molecule has 0 aliphatic rings. The summed E-state index contributed by atoms with van der Waals surface area (Å²) in [6.45, 7) is 3.50. The number of hydrogen-bond donors (Lipinski definition) is 0. The minimum Gasteiger partial charge on any atom is -0.461 e. The van der Waals surface area contributed by atoms with Gasteiger partial charge in [-0.15, -0.1) is 0 Å². The monoisotopic (exact) mass is 210 g/mol. The molecule has 1 heterocycles. The van der Waals surface area contributed by atoms with Crippen molar-refractivity contribution in [2.75, 3.05) is 6.61 Å². The van der Waals surface area contributed by atoms with E-state index in [0.29, 0.717) is 5.56 Å². The van der Waals surface area contributed by atoms with Crippen LogP contribution in [-0.2, 0) is 4.74 Å². The zero-order chi connectivity index (χ0) is 11.4. The molecular weight excluding hydrogens is 200 g/mol. The molecule has 0 amide bonds. The summed E-state index contributed by atoms with van der Waals surface area (Å²) >= 11 is 0. The van der Waals surface area contributed by atoms with Crippen molar-refractivity contribution >= 4 is 11.7 Å². The van der Waals surface area contributed by atoms with E-state index < -0.39 is 10.9 Å². The van der Waals surface area contributed by atoms with Gasteiger partial charge in [0.15, 0.2) is 5.69 Å². The summed E-state index contributed by atoms with van der Waals surface area (Å²) in [5.41, 5.74) is 0.408. The van der Waals surface area contributed by atoms with Gasteiger partial charge in [0.05, 0.1) is 11.5 Å². The Hall–Kier alpha value is -1.98. The van der Waals surface area contributed by atoms with Crippen LogP contribution in [0.25, 0.3) is 0 Å². The molecule has 0 saturated carbocycles. The number of nitro groups is 1. The molecule has 6 heteroatoms. The van der Waals surface area contributed by atoms with Crippen molar-refractivity contribution in [3.05, 3.63) is 33.6 Å². The van der Waals surface area contributed by atoms with E-state index in [1.807, 2.05) is 0 Å². The number of esters is 1. The molecule has 0 saturated heterocycles. The first-order valence-corrected chi connectivity index (χ1v) is 4.34. The van der Waals surface area contributed by atoms with E-state index in [1.54, 1.807) is 13.8 Å². The summed E-state index contributed by atoms with van der Waals surface area (Å²) in [7, 11) is 0. The van der Waals surface area contributed by atoms with Crippen LogP contribution in [0, 0.1) is 17.0 Å². The van der Waals surface area contributed by atoms with Crippen LogP contribution in [0.2, 0.25) is 0 Å². The maximum Gasteiger partial charge on any atom is 0.357 e. The Morgan fingerprint density at radius 3 is 2.80 bits per heavy atom. The lowest BCUT2D eigenvalue weighted by Gasteiger charge is -2.03. The third-order valence-electron chi connectivity index (χ3n) is 1.74. The van der Waals surface area contributed by atoms with Crippen molar-refractivity contribution in [2.45, 2.75) is 13.8 Å². The largest absolute Gasteiger partial charge is 0.461 e. The van der Waals surface area contributed by atoms with Crippen molar-refractivity contribution in [3.8, 4) is 0 Å². The SMILES string of the molecule is CCOC(=O)c1ncc([N+](=O)[O-])cc1C. The molecule has 0 aromatic carbocycles. The Balaban J connectivity index is 3.03. The lowest BCUT2D eigenvalue weighted by atomic mass is 10.2. The van der Waals surface area contributed by atoms with Gasteiger partial charge in [-0.1, -0.05) is 0 Å². The minimum atomic E-state index is -0.565. The highest BCUT2D eigenvalue weighted by Crippen LogP contribution is 2.14. The van der Waals surface area contributed by atoms with E-state index in [0.717, 1.165) is 6.20 Å². The van der Waals surface area contributed by atoms with Crippen LogP contribution in [0.4, 0.5) is 5.69 Å². The zero-order valence-electron chi connectivity index (χ0n) is 8.39. The van der Waals surface area contributed by atoms with Gasteiger partial charge in [-0.25, -0.2) is 9.78 Å². The number of aromatic nitrogens is 1. The molecule has 0 aliphatic heterocycles.